The Morgan fingerprint density at radius 3 is 2.39 bits per heavy atom. The van der Waals surface area contributed by atoms with Gasteiger partial charge in [0.1, 0.15) is 18.2 Å². The molecule has 5 rings (SSSR count). The number of methoxy groups -OCH3 is 1. The Bertz CT molecular complexity index is 1470. The number of esters is 1. The van der Waals surface area contributed by atoms with Gasteiger partial charge in [0.15, 0.2) is 5.78 Å². The normalized spacial score (nSPS) is 16.5. The minimum atomic E-state index is -0.654. The molecule has 5 nitrogen and oxygen atoms in total. The van der Waals surface area contributed by atoms with Gasteiger partial charge in [-0.15, -0.1) is 0 Å². The number of benzene rings is 3. The highest BCUT2D eigenvalue weighted by atomic mass is 79.9. The molecule has 0 aromatic heterocycles. The highest BCUT2D eigenvalue weighted by Gasteiger charge is 2.43. The molecular weight excluding hydrogens is 593 g/mol. The van der Waals surface area contributed by atoms with E-state index in [9.17, 15) is 14.0 Å². The molecule has 1 N–H and O–H groups in total. The van der Waals surface area contributed by atoms with Gasteiger partial charge >= 0.3 is 5.97 Å². The smallest absolute Gasteiger partial charge is 0.336 e. The molecule has 1 aliphatic carbocycles. The van der Waals surface area contributed by atoms with Gasteiger partial charge in [-0.05, 0) is 74.2 Å². The van der Waals surface area contributed by atoms with Crippen LogP contribution in [-0.4, -0.2) is 18.9 Å². The third kappa shape index (κ3) is 4.18. The van der Waals surface area contributed by atoms with Crippen molar-refractivity contribution in [2.45, 2.75) is 19.4 Å². The van der Waals surface area contributed by atoms with Crippen LogP contribution < -0.4 is 10.1 Å². The SMILES string of the molecule is COC(=O)C1=C(C)NC2=C(C(=O)c3ccccc32)[C@@H]1c1cc(Br)c(OCc2cccc(F)c2)c(Br)c1. The summed E-state index contributed by atoms with van der Waals surface area (Å²) in [5.74, 6) is -1.12. The van der Waals surface area contributed by atoms with Crippen molar-refractivity contribution in [3.63, 3.8) is 0 Å². The average molecular weight is 613 g/mol. The Kier molecular flexibility index (Phi) is 6.57. The molecule has 0 radical (unpaired) electrons. The molecule has 1 atom stereocenters. The molecule has 3 aromatic carbocycles. The second-order valence-corrected chi connectivity index (χ2v) is 10.2. The fraction of sp³-hybridized carbons (Fsp3) is 0.143. The van der Waals surface area contributed by atoms with Crippen molar-refractivity contribution in [2.75, 3.05) is 7.11 Å². The Morgan fingerprint density at radius 1 is 1.03 bits per heavy atom. The molecule has 0 fully saturated rings. The summed E-state index contributed by atoms with van der Waals surface area (Å²) in [7, 11) is 1.32. The highest BCUT2D eigenvalue weighted by molar-refractivity contribution is 9.11. The Hall–Kier alpha value is -3.23. The van der Waals surface area contributed by atoms with E-state index in [1.54, 1.807) is 25.1 Å². The monoisotopic (exact) mass is 611 g/mol. The fourth-order valence-electron chi connectivity index (χ4n) is 4.71. The van der Waals surface area contributed by atoms with E-state index in [1.807, 2.05) is 30.3 Å². The summed E-state index contributed by atoms with van der Waals surface area (Å²) in [5, 5.41) is 3.27. The first-order valence-corrected chi connectivity index (χ1v) is 12.7. The molecule has 1 aliphatic heterocycles. The van der Waals surface area contributed by atoms with Crippen molar-refractivity contribution in [1.82, 2.24) is 5.32 Å². The number of ether oxygens (including phenoxy) is 2. The number of fused-ring (bicyclic) bond motifs is 2. The van der Waals surface area contributed by atoms with Gasteiger partial charge < -0.3 is 14.8 Å². The van der Waals surface area contributed by atoms with Crippen molar-refractivity contribution in [3.05, 3.63) is 115 Å². The molecule has 0 saturated heterocycles. The summed E-state index contributed by atoms with van der Waals surface area (Å²) in [6, 6.07) is 17.3. The number of allylic oxidation sites excluding steroid dienone is 2. The van der Waals surface area contributed by atoms with E-state index in [1.165, 1.54) is 19.2 Å². The summed E-state index contributed by atoms with van der Waals surface area (Å²) >= 11 is 7.16. The van der Waals surface area contributed by atoms with Crippen molar-refractivity contribution >= 4 is 49.3 Å². The van der Waals surface area contributed by atoms with E-state index < -0.39 is 11.9 Å². The maximum atomic E-state index is 13.6. The third-order valence-electron chi connectivity index (χ3n) is 6.28. The molecule has 3 aromatic rings. The Balaban J connectivity index is 1.58. The molecule has 0 spiro atoms. The number of ketones is 1. The Labute approximate surface area is 224 Å². The predicted octanol–water partition coefficient (Wildman–Crippen LogP) is 6.67. The number of halogens is 3. The lowest BCUT2D eigenvalue weighted by molar-refractivity contribution is -0.136. The van der Waals surface area contributed by atoms with Crippen LogP contribution in [0.1, 0.15) is 39.9 Å². The van der Waals surface area contributed by atoms with Crippen molar-refractivity contribution in [3.8, 4) is 5.75 Å². The number of carbonyl (C=O) groups is 2. The van der Waals surface area contributed by atoms with Gasteiger partial charge in [0, 0.05) is 28.3 Å². The molecule has 2 aliphatic rings. The van der Waals surface area contributed by atoms with E-state index >= 15 is 0 Å². The summed E-state index contributed by atoms with van der Waals surface area (Å²) in [6.07, 6.45) is 0. The first-order chi connectivity index (χ1) is 17.3. The molecule has 0 unspecified atom stereocenters. The minimum Gasteiger partial charge on any atom is -0.487 e. The van der Waals surface area contributed by atoms with Gasteiger partial charge in [0.25, 0.3) is 0 Å². The molecule has 8 heteroatoms. The minimum absolute atomic E-state index is 0.134. The van der Waals surface area contributed by atoms with E-state index in [-0.39, 0.29) is 18.2 Å². The number of rotatable bonds is 5. The standard InChI is InChI=1S/C28H20Br2FNO4/c1-14-22(28(34)35-2)23(24-25(32-14)18-8-3-4-9-19(18)26(24)33)16-11-20(29)27(21(30)12-16)36-13-15-6-5-7-17(31)10-15/h3-12,23,32H,13H2,1-2H3/t23-/m1/s1. The van der Waals surface area contributed by atoms with Gasteiger partial charge in [0.05, 0.1) is 27.3 Å². The summed E-state index contributed by atoms with van der Waals surface area (Å²) in [6.45, 7) is 1.96. The van der Waals surface area contributed by atoms with Crippen LogP contribution in [0.2, 0.25) is 0 Å². The van der Waals surface area contributed by atoms with E-state index in [0.29, 0.717) is 53.9 Å². The number of carbonyl (C=O) groups excluding carboxylic acids is 2. The van der Waals surface area contributed by atoms with Crippen molar-refractivity contribution < 1.29 is 23.5 Å². The lowest BCUT2D eigenvalue weighted by Crippen LogP contribution is -2.29. The van der Waals surface area contributed by atoms with Gasteiger partial charge in [-0.25, -0.2) is 9.18 Å². The molecular formula is C28H20Br2FNO4. The second kappa shape index (κ2) is 9.67. The average Bonchev–Trinajstić information content (AvgIpc) is 3.13. The van der Waals surface area contributed by atoms with Gasteiger partial charge in [-0.3, -0.25) is 4.79 Å². The van der Waals surface area contributed by atoms with Gasteiger partial charge in [-0.2, -0.15) is 0 Å². The molecule has 0 amide bonds. The van der Waals surface area contributed by atoms with Crippen LogP contribution in [0.4, 0.5) is 4.39 Å². The fourth-order valence-corrected chi connectivity index (χ4v) is 6.16. The van der Waals surface area contributed by atoms with Gasteiger partial charge in [0.2, 0.25) is 0 Å². The van der Waals surface area contributed by atoms with Crippen LogP contribution in [0.3, 0.4) is 0 Å². The zero-order valence-corrected chi connectivity index (χ0v) is 22.5. The van der Waals surface area contributed by atoms with Crippen molar-refractivity contribution in [1.29, 1.82) is 0 Å². The Morgan fingerprint density at radius 2 is 1.72 bits per heavy atom. The summed E-state index contributed by atoms with van der Waals surface area (Å²) < 4.78 is 25.9. The predicted molar refractivity (Wildman–Crippen MR) is 141 cm³/mol. The zero-order chi connectivity index (χ0) is 25.6. The number of hydrogen-bond acceptors (Lipinski definition) is 5. The van der Waals surface area contributed by atoms with E-state index in [2.05, 4.69) is 37.2 Å². The van der Waals surface area contributed by atoms with Crippen LogP contribution in [0.25, 0.3) is 5.70 Å². The largest absolute Gasteiger partial charge is 0.487 e. The van der Waals surface area contributed by atoms with Crippen LogP contribution in [-0.2, 0) is 16.1 Å². The molecule has 182 valence electrons. The lowest BCUT2D eigenvalue weighted by Gasteiger charge is -2.29. The molecule has 0 bridgehead atoms. The maximum Gasteiger partial charge on any atom is 0.336 e. The lowest BCUT2D eigenvalue weighted by atomic mass is 9.80. The zero-order valence-electron chi connectivity index (χ0n) is 19.3. The van der Waals surface area contributed by atoms with Crippen LogP contribution in [0, 0.1) is 5.82 Å². The number of hydrogen-bond donors (Lipinski definition) is 1. The van der Waals surface area contributed by atoms with Gasteiger partial charge in [-0.1, -0.05) is 36.4 Å². The number of dihydropyridines is 1. The first-order valence-electron chi connectivity index (χ1n) is 11.1. The first kappa shape index (κ1) is 24.5. The quantitative estimate of drug-likeness (QED) is 0.326. The molecule has 36 heavy (non-hydrogen) atoms. The number of Topliss-reactive ketones (excluding diaryl/α,β-unsaturated/α-hetero) is 1. The molecule has 0 saturated carbocycles. The topological polar surface area (TPSA) is 64.6 Å². The van der Waals surface area contributed by atoms with Crippen LogP contribution in [0.15, 0.2) is 86.5 Å². The second-order valence-electron chi connectivity index (χ2n) is 8.48. The van der Waals surface area contributed by atoms with Crippen LogP contribution >= 0.6 is 31.9 Å². The van der Waals surface area contributed by atoms with Crippen LogP contribution in [0.5, 0.6) is 5.75 Å². The summed E-state index contributed by atoms with van der Waals surface area (Å²) in [4.78, 5) is 26.5. The third-order valence-corrected chi connectivity index (χ3v) is 7.46. The maximum absolute atomic E-state index is 13.6. The van der Waals surface area contributed by atoms with E-state index in [0.717, 1.165) is 5.56 Å². The van der Waals surface area contributed by atoms with Crippen molar-refractivity contribution in [2.24, 2.45) is 0 Å². The highest BCUT2D eigenvalue weighted by Crippen LogP contribution is 2.48. The summed E-state index contributed by atoms with van der Waals surface area (Å²) in [5.41, 5.74) is 4.97. The molecule has 1 heterocycles. The van der Waals surface area contributed by atoms with E-state index in [4.69, 9.17) is 9.47 Å². The number of nitrogens with one attached hydrogen (secondary N) is 1.